The van der Waals surface area contributed by atoms with Crippen molar-refractivity contribution in [2.75, 3.05) is 32.5 Å². The quantitative estimate of drug-likeness (QED) is 0.708. The van der Waals surface area contributed by atoms with Gasteiger partial charge in [-0.2, -0.15) is 0 Å². The zero-order chi connectivity index (χ0) is 15.3. The van der Waals surface area contributed by atoms with E-state index in [0.717, 1.165) is 25.4 Å². The standard InChI is InChI=1S/C18H30N2O/c1-4-17(5-2)20(12-13-21-3)14-18(10-11-18)15-6-8-16(19)9-7-15/h6-9,17H,4-5,10-14,19H2,1-3H3. The smallest absolute Gasteiger partial charge is 0.0589 e. The van der Waals surface area contributed by atoms with E-state index in [1.54, 1.807) is 7.11 Å². The van der Waals surface area contributed by atoms with Crippen LogP contribution in [0.3, 0.4) is 0 Å². The molecule has 1 aliphatic rings. The molecular weight excluding hydrogens is 260 g/mol. The summed E-state index contributed by atoms with van der Waals surface area (Å²) in [4.78, 5) is 2.63. The molecule has 0 bridgehead atoms. The van der Waals surface area contributed by atoms with Gasteiger partial charge in [-0.05, 0) is 43.4 Å². The molecule has 0 saturated heterocycles. The van der Waals surface area contributed by atoms with E-state index in [-0.39, 0.29) is 0 Å². The van der Waals surface area contributed by atoms with Crippen LogP contribution >= 0.6 is 0 Å². The molecule has 118 valence electrons. The van der Waals surface area contributed by atoms with E-state index < -0.39 is 0 Å². The lowest BCUT2D eigenvalue weighted by molar-refractivity contribution is 0.107. The maximum atomic E-state index is 5.82. The van der Waals surface area contributed by atoms with Crippen LogP contribution in [0.2, 0.25) is 0 Å². The number of rotatable bonds is 9. The zero-order valence-corrected chi connectivity index (χ0v) is 13.8. The first-order valence-corrected chi connectivity index (χ1v) is 8.24. The molecule has 0 aliphatic heterocycles. The summed E-state index contributed by atoms with van der Waals surface area (Å²) in [6, 6.07) is 9.15. The average molecular weight is 290 g/mol. The molecule has 1 aliphatic carbocycles. The van der Waals surface area contributed by atoms with Gasteiger partial charge in [0, 0.05) is 37.3 Å². The van der Waals surface area contributed by atoms with E-state index in [1.165, 1.54) is 31.2 Å². The average Bonchev–Trinajstić information content (AvgIpc) is 3.27. The molecule has 0 heterocycles. The minimum absolute atomic E-state index is 0.351. The normalized spacial score (nSPS) is 16.6. The van der Waals surface area contributed by atoms with Crippen molar-refractivity contribution in [2.45, 2.75) is 51.0 Å². The highest BCUT2D eigenvalue weighted by molar-refractivity contribution is 5.43. The van der Waals surface area contributed by atoms with Gasteiger partial charge in [0.15, 0.2) is 0 Å². The summed E-state index contributed by atoms with van der Waals surface area (Å²) < 4.78 is 5.31. The van der Waals surface area contributed by atoms with E-state index in [4.69, 9.17) is 10.5 Å². The van der Waals surface area contributed by atoms with Crippen molar-refractivity contribution in [3.8, 4) is 0 Å². The summed E-state index contributed by atoms with van der Waals surface area (Å²) in [5.41, 5.74) is 8.47. The van der Waals surface area contributed by atoms with Crippen LogP contribution in [0.1, 0.15) is 45.1 Å². The van der Waals surface area contributed by atoms with Gasteiger partial charge in [0.05, 0.1) is 6.61 Å². The van der Waals surface area contributed by atoms with Crippen LogP contribution in [0.25, 0.3) is 0 Å². The number of benzene rings is 1. The van der Waals surface area contributed by atoms with Crippen molar-refractivity contribution < 1.29 is 4.74 Å². The molecule has 0 amide bonds. The monoisotopic (exact) mass is 290 g/mol. The van der Waals surface area contributed by atoms with Gasteiger partial charge in [0.1, 0.15) is 0 Å². The number of nitrogen functional groups attached to an aromatic ring is 1. The lowest BCUT2D eigenvalue weighted by Crippen LogP contribution is -2.42. The van der Waals surface area contributed by atoms with E-state index in [0.29, 0.717) is 11.5 Å². The van der Waals surface area contributed by atoms with E-state index in [1.807, 2.05) is 12.1 Å². The zero-order valence-electron chi connectivity index (χ0n) is 13.8. The van der Waals surface area contributed by atoms with Gasteiger partial charge in [-0.15, -0.1) is 0 Å². The molecule has 0 aromatic heterocycles. The fourth-order valence-electron chi connectivity index (χ4n) is 3.32. The molecule has 1 aromatic carbocycles. The van der Waals surface area contributed by atoms with Gasteiger partial charge in [0.2, 0.25) is 0 Å². The Morgan fingerprint density at radius 2 is 1.81 bits per heavy atom. The van der Waals surface area contributed by atoms with E-state index in [9.17, 15) is 0 Å². The number of anilines is 1. The summed E-state index contributed by atoms with van der Waals surface area (Å²) in [5.74, 6) is 0. The van der Waals surface area contributed by atoms with Crippen molar-refractivity contribution >= 4 is 5.69 Å². The Kier molecular flexibility index (Phi) is 5.65. The largest absolute Gasteiger partial charge is 0.399 e. The molecule has 1 aromatic rings. The van der Waals surface area contributed by atoms with E-state index in [2.05, 4.69) is 30.9 Å². The highest BCUT2D eigenvalue weighted by Gasteiger charge is 2.45. The molecule has 1 saturated carbocycles. The molecule has 0 radical (unpaired) electrons. The number of hydrogen-bond acceptors (Lipinski definition) is 3. The molecule has 2 rings (SSSR count). The second-order valence-corrected chi connectivity index (χ2v) is 6.34. The van der Waals surface area contributed by atoms with Gasteiger partial charge >= 0.3 is 0 Å². The second-order valence-electron chi connectivity index (χ2n) is 6.34. The summed E-state index contributed by atoms with van der Waals surface area (Å²) >= 11 is 0. The molecule has 0 spiro atoms. The first-order valence-electron chi connectivity index (χ1n) is 8.24. The summed E-state index contributed by atoms with van der Waals surface area (Å²) in [5, 5.41) is 0. The molecule has 0 atom stereocenters. The van der Waals surface area contributed by atoms with Gasteiger partial charge in [-0.1, -0.05) is 26.0 Å². The van der Waals surface area contributed by atoms with Crippen molar-refractivity contribution in [1.82, 2.24) is 4.90 Å². The molecule has 1 fully saturated rings. The summed E-state index contributed by atoms with van der Waals surface area (Å²) in [6.45, 7) is 7.56. The number of methoxy groups -OCH3 is 1. The fraction of sp³-hybridized carbons (Fsp3) is 0.667. The van der Waals surface area contributed by atoms with Crippen LogP contribution in [0.5, 0.6) is 0 Å². The summed E-state index contributed by atoms with van der Waals surface area (Å²) in [6.07, 6.45) is 5.00. The predicted octanol–water partition coefficient (Wildman–Crippen LogP) is 3.44. The summed E-state index contributed by atoms with van der Waals surface area (Å²) in [7, 11) is 1.79. The number of nitrogens with zero attached hydrogens (tertiary/aromatic N) is 1. The van der Waals surface area contributed by atoms with Gasteiger partial charge in [-0.3, -0.25) is 4.90 Å². The lowest BCUT2D eigenvalue weighted by atomic mass is 9.94. The van der Waals surface area contributed by atoms with Crippen LogP contribution in [0.4, 0.5) is 5.69 Å². The minimum atomic E-state index is 0.351. The SMILES string of the molecule is CCC(CC)N(CCOC)CC1(c2ccc(N)cc2)CC1. The Labute approximate surface area is 129 Å². The van der Waals surface area contributed by atoms with Crippen molar-refractivity contribution in [3.63, 3.8) is 0 Å². The van der Waals surface area contributed by atoms with Crippen molar-refractivity contribution in [2.24, 2.45) is 0 Å². The van der Waals surface area contributed by atoms with Crippen LogP contribution in [0.15, 0.2) is 24.3 Å². The highest BCUT2D eigenvalue weighted by atomic mass is 16.5. The third kappa shape index (κ3) is 3.98. The lowest BCUT2D eigenvalue weighted by Gasteiger charge is -2.34. The number of nitrogens with two attached hydrogens (primary N) is 1. The molecule has 0 unspecified atom stereocenters. The maximum Gasteiger partial charge on any atom is 0.0589 e. The fourth-order valence-corrected chi connectivity index (χ4v) is 3.32. The Morgan fingerprint density at radius 3 is 2.29 bits per heavy atom. The van der Waals surface area contributed by atoms with Gasteiger partial charge in [0.25, 0.3) is 0 Å². The molecule has 3 nitrogen and oxygen atoms in total. The Hall–Kier alpha value is -1.06. The molecule has 21 heavy (non-hydrogen) atoms. The number of hydrogen-bond donors (Lipinski definition) is 1. The van der Waals surface area contributed by atoms with Gasteiger partial charge < -0.3 is 10.5 Å². The Morgan fingerprint density at radius 1 is 1.19 bits per heavy atom. The van der Waals surface area contributed by atoms with E-state index >= 15 is 0 Å². The van der Waals surface area contributed by atoms with Crippen molar-refractivity contribution in [3.05, 3.63) is 29.8 Å². The molecular formula is C18H30N2O. The van der Waals surface area contributed by atoms with Crippen molar-refractivity contribution in [1.29, 1.82) is 0 Å². The van der Waals surface area contributed by atoms with Crippen LogP contribution < -0.4 is 5.73 Å². The van der Waals surface area contributed by atoms with Crippen LogP contribution in [0, 0.1) is 0 Å². The number of ether oxygens (including phenoxy) is 1. The third-order valence-electron chi connectivity index (χ3n) is 4.92. The maximum absolute atomic E-state index is 5.82. The minimum Gasteiger partial charge on any atom is -0.399 e. The first-order chi connectivity index (χ1) is 10.1. The van der Waals surface area contributed by atoms with Gasteiger partial charge in [-0.25, -0.2) is 0 Å². The molecule has 3 heteroatoms. The van der Waals surface area contributed by atoms with Crippen LogP contribution in [-0.2, 0) is 10.2 Å². The Bertz CT molecular complexity index is 421. The first kappa shape index (κ1) is 16.3. The van der Waals surface area contributed by atoms with Crippen LogP contribution in [-0.4, -0.2) is 37.7 Å². The third-order valence-corrected chi connectivity index (χ3v) is 4.92. The topological polar surface area (TPSA) is 38.5 Å². The Balaban J connectivity index is 2.09. The predicted molar refractivity (Wildman–Crippen MR) is 89.6 cm³/mol. The molecule has 2 N–H and O–H groups in total. The second kappa shape index (κ2) is 7.28. The highest BCUT2D eigenvalue weighted by Crippen LogP contribution is 2.49.